The summed E-state index contributed by atoms with van der Waals surface area (Å²) < 4.78 is 10.7. The number of rotatable bonds is 7. The van der Waals surface area contributed by atoms with Gasteiger partial charge in [-0.1, -0.05) is 13.8 Å². The first-order chi connectivity index (χ1) is 9.65. The van der Waals surface area contributed by atoms with Gasteiger partial charge in [-0.05, 0) is 30.2 Å². The number of halogens is 1. The van der Waals surface area contributed by atoms with Crippen LogP contribution >= 0.6 is 24.0 Å². The van der Waals surface area contributed by atoms with E-state index in [9.17, 15) is 0 Å². The van der Waals surface area contributed by atoms with Gasteiger partial charge in [-0.2, -0.15) is 0 Å². The van der Waals surface area contributed by atoms with Gasteiger partial charge in [0.1, 0.15) is 18.1 Å². The fraction of sp³-hybridized carbons (Fsp3) is 0.533. The zero-order valence-electron chi connectivity index (χ0n) is 13.2. The molecule has 5 nitrogen and oxygen atoms in total. The molecule has 0 aliphatic heterocycles. The molecule has 6 heteroatoms. The Bertz CT molecular complexity index is 408. The Morgan fingerprint density at radius 1 is 1.14 bits per heavy atom. The summed E-state index contributed by atoms with van der Waals surface area (Å²) in [4.78, 5) is 4.15. The van der Waals surface area contributed by atoms with Crippen molar-refractivity contribution in [2.75, 3.05) is 33.9 Å². The first-order valence-electron chi connectivity index (χ1n) is 6.87. The predicted octanol–water partition coefficient (Wildman–Crippen LogP) is 2.51. The lowest BCUT2D eigenvalue weighted by atomic mass is 10.2. The van der Waals surface area contributed by atoms with Crippen LogP contribution in [0.3, 0.4) is 0 Å². The van der Waals surface area contributed by atoms with Crippen LogP contribution in [0.1, 0.15) is 13.8 Å². The van der Waals surface area contributed by atoms with Crippen LogP contribution in [-0.2, 0) is 0 Å². The minimum atomic E-state index is 0. The van der Waals surface area contributed by atoms with Crippen LogP contribution in [0.5, 0.6) is 11.5 Å². The fourth-order valence-corrected chi connectivity index (χ4v) is 1.53. The normalized spacial score (nSPS) is 10.8. The summed E-state index contributed by atoms with van der Waals surface area (Å²) in [5, 5.41) is 6.46. The molecule has 0 fully saturated rings. The number of hydrogen-bond acceptors (Lipinski definition) is 3. The summed E-state index contributed by atoms with van der Waals surface area (Å²) in [5.41, 5.74) is 0. The zero-order valence-corrected chi connectivity index (χ0v) is 15.5. The molecule has 1 rings (SSSR count). The first kappa shape index (κ1) is 19.8. The molecule has 2 N–H and O–H groups in total. The minimum Gasteiger partial charge on any atom is -0.497 e. The summed E-state index contributed by atoms with van der Waals surface area (Å²) in [6, 6.07) is 7.55. The van der Waals surface area contributed by atoms with Crippen molar-refractivity contribution < 1.29 is 9.47 Å². The van der Waals surface area contributed by atoms with E-state index in [1.54, 1.807) is 14.2 Å². The van der Waals surface area contributed by atoms with E-state index in [4.69, 9.17) is 9.47 Å². The van der Waals surface area contributed by atoms with Crippen molar-refractivity contribution in [1.82, 2.24) is 10.6 Å². The molecule has 0 aromatic heterocycles. The van der Waals surface area contributed by atoms with E-state index < -0.39 is 0 Å². The van der Waals surface area contributed by atoms with Gasteiger partial charge in [-0.25, -0.2) is 0 Å². The van der Waals surface area contributed by atoms with Crippen LogP contribution < -0.4 is 20.1 Å². The first-order valence-corrected chi connectivity index (χ1v) is 6.87. The Balaban J connectivity index is 0.00000400. The van der Waals surface area contributed by atoms with Gasteiger partial charge in [0.25, 0.3) is 0 Å². The van der Waals surface area contributed by atoms with Crippen LogP contribution in [0.15, 0.2) is 29.3 Å². The van der Waals surface area contributed by atoms with Gasteiger partial charge >= 0.3 is 0 Å². The molecule has 0 radical (unpaired) electrons. The molecule has 0 aliphatic carbocycles. The molecule has 21 heavy (non-hydrogen) atoms. The number of nitrogens with one attached hydrogen (secondary N) is 2. The summed E-state index contributed by atoms with van der Waals surface area (Å²) in [5.74, 6) is 3.05. The number of nitrogens with zero attached hydrogens (tertiary/aromatic N) is 1. The molecule has 0 saturated carbocycles. The number of ether oxygens (including phenoxy) is 2. The number of guanidine groups is 1. The molecule has 0 aliphatic rings. The molecular formula is C15H26IN3O2. The van der Waals surface area contributed by atoms with Gasteiger partial charge in [-0.15, -0.1) is 24.0 Å². The molecular weight excluding hydrogens is 381 g/mol. The van der Waals surface area contributed by atoms with Crippen molar-refractivity contribution >= 4 is 29.9 Å². The van der Waals surface area contributed by atoms with Crippen LogP contribution in [0.4, 0.5) is 0 Å². The standard InChI is InChI=1S/C15H25N3O2.HI/c1-12(2)11-18-15(16-3)17-9-10-20-14-7-5-13(19-4)6-8-14;/h5-8,12H,9-11H2,1-4H3,(H2,16,17,18);1H. The molecule has 0 amide bonds. The second-order valence-electron chi connectivity index (χ2n) is 4.80. The lowest BCUT2D eigenvalue weighted by molar-refractivity contribution is 0.321. The lowest BCUT2D eigenvalue weighted by Crippen LogP contribution is -2.40. The van der Waals surface area contributed by atoms with E-state index in [1.165, 1.54) is 0 Å². The van der Waals surface area contributed by atoms with Crippen molar-refractivity contribution in [2.45, 2.75) is 13.8 Å². The zero-order chi connectivity index (χ0) is 14.8. The van der Waals surface area contributed by atoms with Crippen molar-refractivity contribution in [3.8, 4) is 11.5 Å². The maximum absolute atomic E-state index is 5.63. The van der Waals surface area contributed by atoms with E-state index in [0.717, 1.165) is 24.0 Å². The largest absolute Gasteiger partial charge is 0.497 e. The maximum atomic E-state index is 5.63. The second-order valence-corrected chi connectivity index (χ2v) is 4.80. The van der Waals surface area contributed by atoms with Crippen molar-refractivity contribution in [2.24, 2.45) is 10.9 Å². The Morgan fingerprint density at radius 2 is 1.76 bits per heavy atom. The molecule has 0 unspecified atom stereocenters. The molecule has 0 atom stereocenters. The Hall–Kier alpha value is -1.18. The van der Waals surface area contributed by atoms with E-state index in [1.807, 2.05) is 24.3 Å². The lowest BCUT2D eigenvalue weighted by Gasteiger charge is -2.13. The van der Waals surface area contributed by atoms with Gasteiger partial charge in [0.2, 0.25) is 0 Å². The number of methoxy groups -OCH3 is 1. The van der Waals surface area contributed by atoms with Crippen molar-refractivity contribution in [1.29, 1.82) is 0 Å². The number of hydrogen-bond donors (Lipinski definition) is 2. The third-order valence-corrected chi connectivity index (χ3v) is 2.62. The van der Waals surface area contributed by atoms with Crippen LogP contribution in [0.2, 0.25) is 0 Å². The molecule has 1 aromatic rings. The molecule has 0 bridgehead atoms. The smallest absolute Gasteiger partial charge is 0.191 e. The highest BCUT2D eigenvalue weighted by Crippen LogP contribution is 2.16. The van der Waals surface area contributed by atoms with Crippen LogP contribution in [-0.4, -0.2) is 39.8 Å². The van der Waals surface area contributed by atoms with E-state index in [2.05, 4.69) is 29.5 Å². The Labute approximate surface area is 144 Å². The highest BCUT2D eigenvalue weighted by atomic mass is 127. The van der Waals surface area contributed by atoms with Gasteiger partial charge < -0.3 is 20.1 Å². The molecule has 120 valence electrons. The predicted molar refractivity (Wildman–Crippen MR) is 98.1 cm³/mol. The number of benzene rings is 1. The third-order valence-electron chi connectivity index (χ3n) is 2.62. The topological polar surface area (TPSA) is 54.9 Å². The second kappa shape index (κ2) is 11.5. The summed E-state index contributed by atoms with van der Waals surface area (Å²) in [6.07, 6.45) is 0. The van der Waals surface area contributed by atoms with Crippen molar-refractivity contribution in [3.63, 3.8) is 0 Å². The molecule has 1 aromatic carbocycles. The SMILES string of the molecule is CN=C(NCCOc1ccc(OC)cc1)NCC(C)C.I. The van der Waals surface area contributed by atoms with Crippen LogP contribution in [0.25, 0.3) is 0 Å². The Morgan fingerprint density at radius 3 is 2.29 bits per heavy atom. The summed E-state index contributed by atoms with van der Waals surface area (Å²) in [7, 11) is 3.41. The van der Waals surface area contributed by atoms with Gasteiger partial charge in [0.05, 0.1) is 13.7 Å². The fourth-order valence-electron chi connectivity index (χ4n) is 1.53. The van der Waals surface area contributed by atoms with E-state index >= 15 is 0 Å². The van der Waals surface area contributed by atoms with E-state index in [0.29, 0.717) is 19.1 Å². The monoisotopic (exact) mass is 407 g/mol. The highest BCUT2D eigenvalue weighted by molar-refractivity contribution is 14.0. The van der Waals surface area contributed by atoms with Crippen molar-refractivity contribution in [3.05, 3.63) is 24.3 Å². The van der Waals surface area contributed by atoms with Gasteiger partial charge in [0, 0.05) is 13.6 Å². The average molecular weight is 407 g/mol. The van der Waals surface area contributed by atoms with Crippen LogP contribution in [0, 0.1) is 5.92 Å². The maximum Gasteiger partial charge on any atom is 0.191 e. The third kappa shape index (κ3) is 8.64. The molecule has 0 saturated heterocycles. The van der Waals surface area contributed by atoms with Gasteiger partial charge in [0.15, 0.2) is 5.96 Å². The van der Waals surface area contributed by atoms with Gasteiger partial charge in [-0.3, -0.25) is 4.99 Å². The minimum absolute atomic E-state index is 0. The quantitative estimate of drug-likeness (QED) is 0.316. The highest BCUT2D eigenvalue weighted by Gasteiger charge is 1.99. The average Bonchev–Trinajstić information content (AvgIpc) is 2.47. The Kier molecular flexibility index (Phi) is 10.8. The molecule has 0 heterocycles. The number of aliphatic imine (C=N–C) groups is 1. The summed E-state index contributed by atoms with van der Waals surface area (Å²) in [6.45, 7) is 6.50. The molecule has 0 spiro atoms. The summed E-state index contributed by atoms with van der Waals surface area (Å²) >= 11 is 0. The van der Waals surface area contributed by atoms with E-state index in [-0.39, 0.29) is 24.0 Å².